The highest BCUT2D eigenvalue weighted by Crippen LogP contribution is 2.25. The van der Waals surface area contributed by atoms with Gasteiger partial charge >= 0.3 is 0 Å². The summed E-state index contributed by atoms with van der Waals surface area (Å²) in [7, 11) is 2.15. The number of hydrogen-bond donors (Lipinski definition) is 1. The first kappa shape index (κ1) is 15.3. The molecule has 0 saturated heterocycles. The van der Waals surface area contributed by atoms with Crippen molar-refractivity contribution in [2.75, 3.05) is 11.9 Å². The van der Waals surface area contributed by atoms with Crippen molar-refractivity contribution in [2.45, 2.75) is 52.7 Å². The minimum Gasteiger partial charge on any atom is -0.372 e. The van der Waals surface area contributed by atoms with Crippen LogP contribution in [0, 0.1) is 0 Å². The topological polar surface area (TPSA) is 15.3 Å². The highest BCUT2D eigenvalue weighted by atomic mass is 35.5. The van der Waals surface area contributed by atoms with Crippen LogP contribution >= 0.6 is 11.6 Å². The zero-order valence-corrected chi connectivity index (χ0v) is 12.9. The summed E-state index contributed by atoms with van der Waals surface area (Å²) in [6.45, 7) is 9.62. The van der Waals surface area contributed by atoms with E-state index in [0.29, 0.717) is 12.1 Å². The van der Waals surface area contributed by atoms with E-state index in [-0.39, 0.29) is 0 Å². The van der Waals surface area contributed by atoms with Crippen LogP contribution in [-0.4, -0.2) is 19.1 Å². The van der Waals surface area contributed by atoms with E-state index >= 15 is 0 Å². The molecule has 0 aliphatic carbocycles. The van der Waals surface area contributed by atoms with Gasteiger partial charge in [0.05, 0.1) is 0 Å². The predicted molar refractivity (Wildman–Crippen MR) is 81.6 cm³/mol. The van der Waals surface area contributed by atoms with Crippen molar-refractivity contribution in [3.05, 3.63) is 28.8 Å². The van der Waals surface area contributed by atoms with Crippen LogP contribution in [0.1, 0.15) is 39.7 Å². The van der Waals surface area contributed by atoms with Gasteiger partial charge in [0, 0.05) is 36.4 Å². The lowest BCUT2D eigenvalue weighted by Gasteiger charge is -2.28. The maximum atomic E-state index is 6.10. The Kier molecular flexibility index (Phi) is 5.97. The SMILES string of the molecule is CCC(C)N(C)c1ccc(Cl)cc1CNC(C)C. The first-order chi connectivity index (χ1) is 8.45. The molecule has 0 aliphatic heterocycles. The van der Waals surface area contributed by atoms with Crippen LogP contribution in [0.3, 0.4) is 0 Å². The number of anilines is 1. The molecule has 1 atom stereocenters. The average molecular weight is 269 g/mol. The summed E-state index contributed by atoms with van der Waals surface area (Å²) in [5, 5.41) is 4.26. The third-order valence-electron chi connectivity index (χ3n) is 3.37. The molecule has 0 spiro atoms. The van der Waals surface area contributed by atoms with Gasteiger partial charge < -0.3 is 10.2 Å². The Morgan fingerprint density at radius 2 is 1.94 bits per heavy atom. The molecule has 0 fully saturated rings. The summed E-state index contributed by atoms with van der Waals surface area (Å²) in [5.74, 6) is 0. The van der Waals surface area contributed by atoms with Gasteiger partial charge in [-0.05, 0) is 37.1 Å². The van der Waals surface area contributed by atoms with Gasteiger partial charge in [-0.25, -0.2) is 0 Å². The van der Waals surface area contributed by atoms with E-state index in [9.17, 15) is 0 Å². The van der Waals surface area contributed by atoms with Crippen molar-refractivity contribution < 1.29 is 0 Å². The van der Waals surface area contributed by atoms with E-state index < -0.39 is 0 Å². The lowest BCUT2D eigenvalue weighted by atomic mass is 10.1. The molecule has 1 N–H and O–H groups in total. The predicted octanol–water partition coefficient (Wildman–Crippen LogP) is 4.07. The summed E-state index contributed by atoms with van der Waals surface area (Å²) in [4.78, 5) is 2.33. The molecule has 1 aromatic carbocycles. The van der Waals surface area contributed by atoms with E-state index in [1.807, 2.05) is 6.07 Å². The fourth-order valence-electron chi connectivity index (χ4n) is 1.87. The second-order valence-corrected chi connectivity index (χ2v) is 5.61. The normalized spacial score (nSPS) is 12.8. The zero-order valence-electron chi connectivity index (χ0n) is 12.1. The van der Waals surface area contributed by atoms with E-state index in [1.54, 1.807) is 0 Å². The van der Waals surface area contributed by atoms with Crippen LogP contribution < -0.4 is 10.2 Å². The van der Waals surface area contributed by atoms with E-state index in [1.165, 1.54) is 11.3 Å². The first-order valence-corrected chi connectivity index (χ1v) is 7.08. The molecule has 1 unspecified atom stereocenters. The minimum absolute atomic E-state index is 0.478. The van der Waals surface area contributed by atoms with Crippen LogP contribution in [0.4, 0.5) is 5.69 Å². The highest BCUT2D eigenvalue weighted by molar-refractivity contribution is 6.30. The lowest BCUT2D eigenvalue weighted by molar-refractivity contribution is 0.585. The number of benzene rings is 1. The second-order valence-electron chi connectivity index (χ2n) is 5.18. The summed E-state index contributed by atoms with van der Waals surface area (Å²) in [5.41, 5.74) is 2.53. The third kappa shape index (κ3) is 4.18. The molecule has 0 aromatic heterocycles. The van der Waals surface area contributed by atoms with Gasteiger partial charge in [0.15, 0.2) is 0 Å². The average Bonchev–Trinajstić information content (AvgIpc) is 2.34. The summed E-state index contributed by atoms with van der Waals surface area (Å²) in [6.07, 6.45) is 1.14. The first-order valence-electron chi connectivity index (χ1n) is 6.70. The van der Waals surface area contributed by atoms with Crippen molar-refractivity contribution in [3.8, 4) is 0 Å². The monoisotopic (exact) mass is 268 g/mol. The molecular formula is C15H25ClN2. The number of hydrogen-bond acceptors (Lipinski definition) is 2. The smallest absolute Gasteiger partial charge is 0.0412 e. The number of halogens is 1. The lowest BCUT2D eigenvalue weighted by Crippen LogP contribution is -2.30. The number of nitrogens with zero attached hydrogens (tertiary/aromatic N) is 1. The van der Waals surface area contributed by atoms with E-state index in [2.05, 4.69) is 57.1 Å². The van der Waals surface area contributed by atoms with Crippen molar-refractivity contribution >= 4 is 17.3 Å². The fourth-order valence-corrected chi connectivity index (χ4v) is 2.06. The molecule has 0 bridgehead atoms. The van der Waals surface area contributed by atoms with Crippen LogP contribution in [0.2, 0.25) is 5.02 Å². The summed E-state index contributed by atoms with van der Waals surface area (Å²) >= 11 is 6.10. The molecule has 0 aliphatic rings. The maximum Gasteiger partial charge on any atom is 0.0412 e. The van der Waals surface area contributed by atoms with Crippen LogP contribution in [-0.2, 0) is 6.54 Å². The van der Waals surface area contributed by atoms with Gasteiger partial charge in [-0.2, -0.15) is 0 Å². The molecular weight excluding hydrogens is 244 g/mol. The van der Waals surface area contributed by atoms with Gasteiger partial charge in [-0.3, -0.25) is 0 Å². The molecule has 2 nitrogen and oxygen atoms in total. The van der Waals surface area contributed by atoms with E-state index in [4.69, 9.17) is 11.6 Å². The molecule has 0 saturated carbocycles. The Labute approximate surface area is 116 Å². The van der Waals surface area contributed by atoms with Crippen molar-refractivity contribution in [3.63, 3.8) is 0 Å². The molecule has 0 radical (unpaired) electrons. The van der Waals surface area contributed by atoms with Gasteiger partial charge in [0.25, 0.3) is 0 Å². The third-order valence-corrected chi connectivity index (χ3v) is 3.61. The molecule has 0 amide bonds. The van der Waals surface area contributed by atoms with Gasteiger partial charge in [0.1, 0.15) is 0 Å². The quantitative estimate of drug-likeness (QED) is 0.837. The second kappa shape index (κ2) is 7.01. The van der Waals surface area contributed by atoms with Crippen LogP contribution in [0.25, 0.3) is 0 Å². The highest BCUT2D eigenvalue weighted by Gasteiger charge is 2.12. The number of rotatable bonds is 6. The van der Waals surface area contributed by atoms with Gasteiger partial charge in [-0.15, -0.1) is 0 Å². The van der Waals surface area contributed by atoms with Crippen molar-refractivity contribution in [2.24, 2.45) is 0 Å². The van der Waals surface area contributed by atoms with Gasteiger partial charge in [0.2, 0.25) is 0 Å². The molecule has 102 valence electrons. The summed E-state index contributed by atoms with van der Waals surface area (Å²) < 4.78 is 0. The Balaban J connectivity index is 2.95. The Bertz CT molecular complexity index is 377. The number of nitrogens with one attached hydrogen (secondary N) is 1. The van der Waals surface area contributed by atoms with Crippen molar-refractivity contribution in [1.29, 1.82) is 0 Å². The molecule has 1 aromatic rings. The molecule has 1 rings (SSSR count). The molecule has 3 heteroatoms. The summed E-state index contributed by atoms with van der Waals surface area (Å²) in [6, 6.07) is 7.15. The standard InChI is InChI=1S/C15H25ClN2/c1-6-12(4)18(5)15-8-7-14(16)9-13(15)10-17-11(2)3/h7-9,11-12,17H,6,10H2,1-5H3. The van der Waals surface area contributed by atoms with Gasteiger partial charge in [-0.1, -0.05) is 32.4 Å². The van der Waals surface area contributed by atoms with E-state index in [0.717, 1.165) is 18.0 Å². The van der Waals surface area contributed by atoms with Crippen LogP contribution in [0.15, 0.2) is 18.2 Å². The Hall–Kier alpha value is -0.730. The minimum atomic E-state index is 0.478. The fraction of sp³-hybridized carbons (Fsp3) is 0.600. The Morgan fingerprint density at radius 3 is 2.50 bits per heavy atom. The Morgan fingerprint density at radius 1 is 1.28 bits per heavy atom. The maximum absolute atomic E-state index is 6.10. The largest absolute Gasteiger partial charge is 0.372 e. The van der Waals surface area contributed by atoms with Crippen molar-refractivity contribution in [1.82, 2.24) is 5.32 Å². The van der Waals surface area contributed by atoms with Crippen LogP contribution in [0.5, 0.6) is 0 Å². The molecule has 0 heterocycles. The molecule has 18 heavy (non-hydrogen) atoms. The zero-order chi connectivity index (χ0) is 13.7.